The molecule has 0 bridgehead atoms. The van der Waals surface area contributed by atoms with Crippen LogP contribution in [-0.4, -0.2) is 25.3 Å². The average molecular weight is 387 g/mol. The lowest BCUT2D eigenvalue weighted by molar-refractivity contribution is -0.119. The highest BCUT2D eigenvalue weighted by Gasteiger charge is 2.23. The smallest absolute Gasteiger partial charge is 0.348 e. The second-order valence-electron chi connectivity index (χ2n) is 6.77. The Morgan fingerprint density at radius 2 is 2.11 bits per heavy atom. The van der Waals surface area contributed by atoms with Crippen molar-refractivity contribution in [3.05, 3.63) is 39.6 Å². The summed E-state index contributed by atoms with van der Waals surface area (Å²) >= 11 is 1.49. The van der Waals surface area contributed by atoms with Gasteiger partial charge in [0, 0.05) is 16.6 Å². The summed E-state index contributed by atoms with van der Waals surface area (Å²) in [4.78, 5) is 26.2. The molecular weight excluding hydrogens is 366 g/mol. The van der Waals surface area contributed by atoms with Crippen LogP contribution in [0.3, 0.4) is 0 Å². The zero-order valence-corrected chi connectivity index (χ0v) is 15.9. The van der Waals surface area contributed by atoms with E-state index >= 15 is 0 Å². The van der Waals surface area contributed by atoms with Crippen LogP contribution in [0, 0.1) is 5.92 Å². The summed E-state index contributed by atoms with van der Waals surface area (Å²) in [6.45, 7) is 2.05. The maximum Gasteiger partial charge on any atom is 0.348 e. The largest absolute Gasteiger partial charge is 0.454 e. The third-order valence-electron chi connectivity index (χ3n) is 4.95. The topological polar surface area (TPSA) is 73.9 Å². The SMILES string of the molecule is CCC1CCc2sc(C(=O)OCC(=O)Nc3ccc4c(c3)OCO4)cc2C1. The first kappa shape index (κ1) is 17.9. The number of nitrogens with one attached hydrogen (secondary N) is 1. The molecular formula is C20H21NO5S. The first-order chi connectivity index (χ1) is 13.1. The number of carbonyl (C=O) groups excluding carboxylic acids is 2. The third-order valence-corrected chi connectivity index (χ3v) is 6.17. The fourth-order valence-corrected chi connectivity index (χ4v) is 4.52. The Bertz CT molecular complexity index is 875. The minimum Gasteiger partial charge on any atom is -0.454 e. The molecule has 0 spiro atoms. The summed E-state index contributed by atoms with van der Waals surface area (Å²) in [5, 5.41) is 2.69. The summed E-state index contributed by atoms with van der Waals surface area (Å²) in [5.41, 5.74) is 1.83. The van der Waals surface area contributed by atoms with E-state index in [-0.39, 0.29) is 13.4 Å². The fourth-order valence-electron chi connectivity index (χ4n) is 3.42. The van der Waals surface area contributed by atoms with Crippen molar-refractivity contribution in [1.82, 2.24) is 0 Å². The van der Waals surface area contributed by atoms with E-state index in [4.69, 9.17) is 14.2 Å². The van der Waals surface area contributed by atoms with Crippen molar-refractivity contribution in [2.24, 2.45) is 5.92 Å². The molecule has 0 fully saturated rings. The molecule has 1 atom stereocenters. The Labute approximate surface area is 161 Å². The number of amides is 1. The second-order valence-corrected chi connectivity index (χ2v) is 7.91. The molecule has 7 heteroatoms. The molecule has 142 valence electrons. The van der Waals surface area contributed by atoms with Crippen molar-refractivity contribution in [1.29, 1.82) is 0 Å². The van der Waals surface area contributed by atoms with E-state index in [1.165, 1.54) is 28.2 Å². The van der Waals surface area contributed by atoms with Crippen molar-refractivity contribution in [2.45, 2.75) is 32.6 Å². The van der Waals surface area contributed by atoms with E-state index in [1.807, 2.05) is 6.07 Å². The molecule has 1 aromatic heterocycles. The minimum atomic E-state index is -0.441. The van der Waals surface area contributed by atoms with Gasteiger partial charge in [-0.15, -0.1) is 11.3 Å². The molecule has 1 amide bonds. The predicted octanol–water partition coefficient (Wildman–Crippen LogP) is 3.79. The minimum absolute atomic E-state index is 0.175. The summed E-state index contributed by atoms with van der Waals surface area (Å²) in [6, 6.07) is 7.05. The lowest BCUT2D eigenvalue weighted by Gasteiger charge is -2.19. The Balaban J connectivity index is 1.31. The van der Waals surface area contributed by atoms with Gasteiger partial charge in [0.25, 0.3) is 5.91 Å². The van der Waals surface area contributed by atoms with Gasteiger partial charge in [0.05, 0.1) is 0 Å². The second kappa shape index (κ2) is 7.60. The maximum atomic E-state index is 12.3. The normalized spacial score (nSPS) is 17.3. The maximum absolute atomic E-state index is 12.3. The summed E-state index contributed by atoms with van der Waals surface area (Å²) in [7, 11) is 0. The highest BCUT2D eigenvalue weighted by atomic mass is 32.1. The molecule has 4 rings (SSSR count). The van der Waals surface area contributed by atoms with Gasteiger partial charge in [-0.05, 0) is 48.9 Å². The molecule has 0 saturated heterocycles. The standard InChI is InChI=1S/C20H21NO5S/c1-2-12-3-6-17-13(7-12)8-18(27-17)20(23)24-10-19(22)21-14-4-5-15-16(9-14)26-11-25-15/h4-5,8-9,12H,2-3,6-7,10-11H2,1H3,(H,21,22). The zero-order valence-electron chi connectivity index (χ0n) is 15.1. The van der Waals surface area contributed by atoms with E-state index in [0.717, 1.165) is 19.3 Å². The molecule has 1 aliphatic carbocycles. The zero-order chi connectivity index (χ0) is 18.8. The van der Waals surface area contributed by atoms with E-state index in [9.17, 15) is 9.59 Å². The Kier molecular flexibility index (Phi) is 5.03. The number of fused-ring (bicyclic) bond motifs is 2. The fraction of sp³-hybridized carbons (Fsp3) is 0.400. The number of benzene rings is 1. The monoisotopic (exact) mass is 387 g/mol. The number of ether oxygens (including phenoxy) is 3. The van der Waals surface area contributed by atoms with Gasteiger partial charge >= 0.3 is 5.97 Å². The van der Waals surface area contributed by atoms with Gasteiger partial charge in [0.1, 0.15) is 4.88 Å². The quantitative estimate of drug-likeness (QED) is 0.790. The molecule has 1 unspecified atom stereocenters. The van der Waals surface area contributed by atoms with Crippen LogP contribution in [0.25, 0.3) is 0 Å². The van der Waals surface area contributed by atoms with Gasteiger partial charge in [0.15, 0.2) is 18.1 Å². The first-order valence-corrected chi connectivity index (χ1v) is 9.92. The van der Waals surface area contributed by atoms with Crippen LogP contribution in [0.1, 0.15) is 39.9 Å². The first-order valence-electron chi connectivity index (χ1n) is 9.10. The molecule has 2 aliphatic rings. The van der Waals surface area contributed by atoms with Crippen LogP contribution in [0.4, 0.5) is 5.69 Å². The number of aryl methyl sites for hydroxylation is 1. The Hall–Kier alpha value is -2.54. The average Bonchev–Trinajstić information content (AvgIpc) is 3.31. The van der Waals surface area contributed by atoms with Crippen LogP contribution >= 0.6 is 11.3 Å². The molecule has 2 heterocycles. The van der Waals surface area contributed by atoms with Gasteiger partial charge in [0.2, 0.25) is 6.79 Å². The van der Waals surface area contributed by atoms with E-state index in [1.54, 1.807) is 18.2 Å². The van der Waals surface area contributed by atoms with E-state index < -0.39 is 11.9 Å². The molecule has 1 aliphatic heterocycles. The molecule has 1 aromatic carbocycles. The number of hydrogen-bond acceptors (Lipinski definition) is 6. The predicted molar refractivity (Wildman–Crippen MR) is 102 cm³/mol. The van der Waals surface area contributed by atoms with Crippen LogP contribution in [0.2, 0.25) is 0 Å². The summed E-state index contributed by atoms with van der Waals surface area (Å²) in [6.07, 6.45) is 4.39. The number of thiophene rings is 1. The molecule has 1 N–H and O–H groups in total. The third kappa shape index (κ3) is 3.93. The molecule has 0 radical (unpaired) electrons. The summed E-state index contributed by atoms with van der Waals surface area (Å²) < 4.78 is 15.7. The van der Waals surface area contributed by atoms with E-state index in [2.05, 4.69) is 12.2 Å². The summed E-state index contributed by atoms with van der Waals surface area (Å²) in [5.74, 6) is 1.09. The van der Waals surface area contributed by atoms with Crippen molar-refractivity contribution in [3.8, 4) is 11.5 Å². The molecule has 6 nitrogen and oxygen atoms in total. The van der Waals surface area contributed by atoms with Crippen LogP contribution < -0.4 is 14.8 Å². The number of esters is 1. The van der Waals surface area contributed by atoms with Crippen molar-refractivity contribution >= 4 is 28.9 Å². The number of anilines is 1. The lowest BCUT2D eigenvalue weighted by atomic mass is 9.87. The van der Waals surface area contributed by atoms with Gasteiger partial charge in [-0.2, -0.15) is 0 Å². The van der Waals surface area contributed by atoms with Gasteiger partial charge in [-0.1, -0.05) is 13.3 Å². The van der Waals surface area contributed by atoms with E-state index in [0.29, 0.717) is 28.0 Å². The number of carbonyl (C=O) groups is 2. The van der Waals surface area contributed by atoms with Crippen molar-refractivity contribution in [3.63, 3.8) is 0 Å². The van der Waals surface area contributed by atoms with Crippen LogP contribution in [-0.2, 0) is 22.4 Å². The number of rotatable bonds is 5. The Morgan fingerprint density at radius 3 is 2.96 bits per heavy atom. The number of hydrogen-bond donors (Lipinski definition) is 1. The van der Waals surface area contributed by atoms with Crippen molar-refractivity contribution < 1.29 is 23.8 Å². The Morgan fingerprint density at radius 1 is 1.26 bits per heavy atom. The van der Waals surface area contributed by atoms with Crippen molar-refractivity contribution in [2.75, 3.05) is 18.7 Å². The molecule has 27 heavy (non-hydrogen) atoms. The van der Waals surface area contributed by atoms with Gasteiger partial charge < -0.3 is 19.5 Å². The molecule has 2 aromatic rings. The highest BCUT2D eigenvalue weighted by Crippen LogP contribution is 2.35. The van der Waals surface area contributed by atoms with Crippen LogP contribution in [0.5, 0.6) is 11.5 Å². The van der Waals surface area contributed by atoms with Gasteiger partial charge in [-0.3, -0.25) is 4.79 Å². The highest BCUT2D eigenvalue weighted by molar-refractivity contribution is 7.14. The van der Waals surface area contributed by atoms with Crippen LogP contribution in [0.15, 0.2) is 24.3 Å². The molecule has 0 saturated carbocycles. The van der Waals surface area contributed by atoms with Gasteiger partial charge in [-0.25, -0.2) is 4.79 Å². The lowest BCUT2D eigenvalue weighted by Crippen LogP contribution is -2.20.